The van der Waals surface area contributed by atoms with Crippen LogP contribution in [0.4, 0.5) is 0 Å². The minimum atomic E-state index is -1.25. The smallest absolute Gasteiger partial charge is 0.332 e. The number of carbonyl (C=O) groups is 2. The summed E-state index contributed by atoms with van der Waals surface area (Å²) in [7, 11) is 0. The highest BCUT2D eigenvalue weighted by Gasteiger charge is 2.32. The van der Waals surface area contributed by atoms with Gasteiger partial charge in [-0.3, -0.25) is 4.79 Å². The fourth-order valence-electron chi connectivity index (χ4n) is 4.05. The molecule has 0 aromatic rings. The van der Waals surface area contributed by atoms with Crippen LogP contribution in [-0.4, -0.2) is 28.1 Å². The molecular weight excluding hydrogens is 316 g/mol. The molecule has 0 saturated heterocycles. The van der Waals surface area contributed by atoms with E-state index in [2.05, 4.69) is 18.2 Å². The molecule has 140 valence electrons. The van der Waals surface area contributed by atoms with E-state index in [-0.39, 0.29) is 5.92 Å². The van der Waals surface area contributed by atoms with Gasteiger partial charge in [-0.2, -0.15) is 0 Å². The largest absolute Gasteiger partial charge is 0.479 e. The van der Waals surface area contributed by atoms with Crippen LogP contribution in [0.1, 0.15) is 77.0 Å². The Hall–Kier alpha value is -1.42. The molecule has 1 fully saturated rings. The Bertz CT molecular complexity index is 506. The molecule has 0 heterocycles. The molecule has 25 heavy (non-hydrogen) atoms. The van der Waals surface area contributed by atoms with Gasteiger partial charge in [0.25, 0.3) is 0 Å². The summed E-state index contributed by atoms with van der Waals surface area (Å²) in [5.74, 6) is -0.232. The average molecular weight is 348 g/mol. The van der Waals surface area contributed by atoms with Crippen LogP contribution in [0.15, 0.2) is 23.8 Å². The first-order chi connectivity index (χ1) is 12.1. The van der Waals surface area contributed by atoms with Crippen LogP contribution < -0.4 is 0 Å². The number of ketones is 1. The molecule has 2 aliphatic rings. The maximum atomic E-state index is 12.1. The van der Waals surface area contributed by atoms with Gasteiger partial charge in [-0.05, 0) is 57.3 Å². The predicted molar refractivity (Wildman–Crippen MR) is 98.3 cm³/mol. The lowest BCUT2D eigenvalue weighted by Gasteiger charge is -2.15. The SMILES string of the molecule is O=C(O)C(O)CCCCC[C@H]1C(=O)CC[C@@H]1C=CCCC1=CCCC1. The first-order valence-corrected chi connectivity index (χ1v) is 9.86. The number of hydrogen-bond donors (Lipinski definition) is 2. The van der Waals surface area contributed by atoms with Gasteiger partial charge in [0.2, 0.25) is 0 Å². The fraction of sp³-hybridized carbons (Fsp3) is 0.714. The molecule has 0 aromatic carbocycles. The topological polar surface area (TPSA) is 74.6 Å². The third-order valence-corrected chi connectivity index (χ3v) is 5.58. The number of aliphatic carboxylic acids is 1. The molecule has 3 atom stereocenters. The van der Waals surface area contributed by atoms with Crippen LogP contribution in [0.5, 0.6) is 0 Å². The van der Waals surface area contributed by atoms with Gasteiger partial charge in [0.05, 0.1) is 0 Å². The molecular formula is C21H32O4. The van der Waals surface area contributed by atoms with Crippen molar-refractivity contribution < 1.29 is 19.8 Å². The van der Waals surface area contributed by atoms with Crippen LogP contribution in [-0.2, 0) is 9.59 Å². The van der Waals surface area contributed by atoms with E-state index in [0.29, 0.717) is 31.0 Å². The van der Waals surface area contributed by atoms with Gasteiger partial charge in [0.1, 0.15) is 5.78 Å². The normalized spacial score (nSPS) is 24.8. The fourth-order valence-corrected chi connectivity index (χ4v) is 4.05. The molecule has 1 saturated carbocycles. The zero-order chi connectivity index (χ0) is 18.1. The van der Waals surface area contributed by atoms with Crippen molar-refractivity contribution in [3.05, 3.63) is 23.8 Å². The molecule has 2 aliphatic carbocycles. The van der Waals surface area contributed by atoms with E-state index in [1.807, 2.05) is 0 Å². The van der Waals surface area contributed by atoms with E-state index in [4.69, 9.17) is 5.11 Å². The van der Waals surface area contributed by atoms with Crippen LogP contribution in [0, 0.1) is 11.8 Å². The Kier molecular flexibility index (Phi) is 8.39. The number of aliphatic hydroxyl groups excluding tert-OH is 1. The zero-order valence-corrected chi connectivity index (χ0v) is 15.2. The molecule has 4 nitrogen and oxygen atoms in total. The third-order valence-electron chi connectivity index (χ3n) is 5.58. The summed E-state index contributed by atoms with van der Waals surface area (Å²) in [6.07, 6.45) is 17.1. The highest BCUT2D eigenvalue weighted by Crippen LogP contribution is 2.34. The first kappa shape index (κ1) is 19.9. The Morgan fingerprint density at radius 3 is 2.84 bits per heavy atom. The lowest BCUT2D eigenvalue weighted by atomic mass is 9.89. The van der Waals surface area contributed by atoms with Crippen LogP contribution in [0.2, 0.25) is 0 Å². The molecule has 0 radical (unpaired) electrons. The zero-order valence-electron chi connectivity index (χ0n) is 15.2. The maximum absolute atomic E-state index is 12.1. The molecule has 2 rings (SSSR count). The summed E-state index contributed by atoms with van der Waals surface area (Å²) in [4.78, 5) is 22.7. The van der Waals surface area contributed by atoms with Crippen molar-refractivity contribution in [1.29, 1.82) is 0 Å². The summed E-state index contributed by atoms with van der Waals surface area (Å²) in [5, 5.41) is 17.9. The molecule has 0 spiro atoms. The van der Waals surface area contributed by atoms with E-state index < -0.39 is 12.1 Å². The van der Waals surface area contributed by atoms with Crippen molar-refractivity contribution in [2.45, 2.75) is 83.2 Å². The summed E-state index contributed by atoms with van der Waals surface area (Å²) in [5.41, 5.74) is 1.59. The summed E-state index contributed by atoms with van der Waals surface area (Å²) in [6, 6.07) is 0. The molecule has 0 aliphatic heterocycles. The van der Waals surface area contributed by atoms with Gasteiger partial charge in [-0.15, -0.1) is 0 Å². The number of unbranched alkanes of at least 4 members (excludes halogenated alkanes) is 2. The minimum Gasteiger partial charge on any atom is -0.479 e. The van der Waals surface area contributed by atoms with Gasteiger partial charge < -0.3 is 10.2 Å². The molecule has 1 unspecified atom stereocenters. The monoisotopic (exact) mass is 348 g/mol. The predicted octanol–water partition coefficient (Wildman–Crippen LogP) is 4.42. The van der Waals surface area contributed by atoms with E-state index in [1.54, 1.807) is 5.57 Å². The first-order valence-electron chi connectivity index (χ1n) is 9.86. The van der Waals surface area contributed by atoms with Crippen LogP contribution >= 0.6 is 0 Å². The lowest BCUT2D eigenvalue weighted by molar-refractivity contribution is -0.146. The number of hydrogen-bond acceptors (Lipinski definition) is 3. The van der Waals surface area contributed by atoms with Gasteiger partial charge in [0.15, 0.2) is 6.10 Å². The second-order valence-corrected chi connectivity index (χ2v) is 7.49. The van der Waals surface area contributed by atoms with Crippen LogP contribution in [0.3, 0.4) is 0 Å². The number of carboxylic acid groups (broad SMARTS) is 1. The quantitative estimate of drug-likeness (QED) is 0.428. The Morgan fingerprint density at radius 2 is 2.12 bits per heavy atom. The second-order valence-electron chi connectivity index (χ2n) is 7.49. The Labute approximate surface area is 151 Å². The molecule has 2 N–H and O–H groups in total. The number of allylic oxidation sites excluding steroid dienone is 4. The van der Waals surface area contributed by atoms with Gasteiger partial charge >= 0.3 is 5.97 Å². The third kappa shape index (κ3) is 6.77. The number of Topliss-reactive ketones (excluding diaryl/α,β-unsaturated/α-hetero) is 1. The van der Waals surface area contributed by atoms with E-state index in [1.165, 1.54) is 19.3 Å². The van der Waals surface area contributed by atoms with Gasteiger partial charge in [-0.25, -0.2) is 4.79 Å². The Balaban J connectivity index is 1.65. The van der Waals surface area contributed by atoms with Crippen LogP contribution in [0.25, 0.3) is 0 Å². The maximum Gasteiger partial charge on any atom is 0.332 e. The lowest BCUT2D eigenvalue weighted by Crippen LogP contribution is -2.19. The summed E-state index contributed by atoms with van der Waals surface area (Å²) >= 11 is 0. The number of carboxylic acids is 1. The number of aliphatic hydroxyl groups is 1. The van der Waals surface area contributed by atoms with Crippen molar-refractivity contribution in [2.75, 3.05) is 0 Å². The number of rotatable bonds is 11. The second kappa shape index (κ2) is 10.5. The van der Waals surface area contributed by atoms with E-state index >= 15 is 0 Å². The summed E-state index contributed by atoms with van der Waals surface area (Å²) < 4.78 is 0. The van der Waals surface area contributed by atoms with E-state index in [9.17, 15) is 14.7 Å². The van der Waals surface area contributed by atoms with Crippen molar-refractivity contribution >= 4 is 11.8 Å². The number of carbonyl (C=O) groups excluding carboxylic acids is 1. The molecule has 0 aromatic heterocycles. The van der Waals surface area contributed by atoms with Crippen molar-refractivity contribution in [1.82, 2.24) is 0 Å². The van der Waals surface area contributed by atoms with Gasteiger partial charge in [-0.1, -0.05) is 43.1 Å². The molecule has 4 heteroatoms. The van der Waals surface area contributed by atoms with Crippen molar-refractivity contribution in [3.63, 3.8) is 0 Å². The highest BCUT2D eigenvalue weighted by molar-refractivity contribution is 5.83. The van der Waals surface area contributed by atoms with Crippen molar-refractivity contribution in [3.8, 4) is 0 Å². The highest BCUT2D eigenvalue weighted by atomic mass is 16.4. The minimum absolute atomic E-state index is 0.145. The molecule has 0 amide bonds. The standard InChI is InChI=1S/C21H32O4/c22-19-15-14-17(11-7-6-10-16-8-4-5-9-16)18(19)12-2-1-3-13-20(23)21(24)25/h7-8,11,17-18,20,23H,1-6,9-10,12-15H2,(H,24,25)/t17-,18+,20?/m0/s1. The van der Waals surface area contributed by atoms with Crippen molar-refractivity contribution in [2.24, 2.45) is 11.8 Å². The van der Waals surface area contributed by atoms with E-state index in [0.717, 1.165) is 38.5 Å². The average Bonchev–Trinajstić information content (AvgIpc) is 3.22. The Morgan fingerprint density at radius 1 is 1.28 bits per heavy atom. The van der Waals surface area contributed by atoms with Gasteiger partial charge in [0, 0.05) is 12.3 Å². The molecule has 0 bridgehead atoms. The summed E-state index contributed by atoms with van der Waals surface area (Å²) in [6.45, 7) is 0.